The van der Waals surface area contributed by atoms with Gasteiger partial charge in [0.2, 0.25) is 0 Å². The molecule has 10 rings (SSSR count). The molecule has 0 saturated carbocycles. The molecule has 0 saturated heterocycles. The second-order valence-electron chi connectivity index (χ2n) is 13.7. The van der Waals surface area contributed by atoms with Crippen LogP contribution in [0.1, 0.15) is 11.3 Å². The molecule has 0 aliphatic rings. The van der Waals surface area contributed by atoms with E-state index in [2.05, 4.69) is 176 Å². The molecule has 8 aromatic carbocycles. The minimum absolute atomic E-state index is 0.910. The topological polar surface area (TPSA) is 18.1 Å². The van der Waals surface area contributed by atoms with Gasteiger partial charge in [0, 0.05) is 33.1 Å². The van der Waals surface area contributed by atoms with Crippen molar-refractivity contribution >= 4 is 60.5 Å². The number of allylic oxidation sites excluding steroid dienone is 2. The molecule has 0 spiro atoms. The normalized spacial score (nSPS) is 11.9. The molecule has 0 N–H and O–H groups in total. The van der Waals surface area contributed by atoms with Gasteiger partial charge in [0.05, 0.1) is 5.52 Å². The van der Waals surface area contributed by atoms with Crippen LogP contribution in [-0.4, -0.2) is 4.57 Å². The molecular formula is C51H35NO. The van der Waals surface area contributed by atoms with Crippen LogP contribution in [0.25, 0.3) is 99.5 Å². The Morgan fingerprint density at radius 3 is 1.75 bits per heavy atom. The van der Waals surface area contributed by atoms with E-state index in [1.165, 1.54) is 60.3 Å². The van der Waals surface area contributed by atoms with Crippen LogP contribution in [0.4, 0.5) is 0 Å². The maximum Gasteiger partial charge on any atom is 0.143 e. The molecule has 53 heavy (non-hydrogen) atoms. The zero-order valence-corrected chi connectivity index (χ0v) is 29.4. The van der Waals surface area contributed by atoms with Crippen molar-refractivity contribution < 1.29 is 4.42 Å². The van der Waals surface area contributed by atoms with Gasteiger partial charge in [-0.05, 0) is 98.3 Å². The SMILES string of the molecule is C=C/C=C\c1c(C)c2ccccc2n1-c1cccc(-c2c3ccccc3c(-c3cccc(-c4cccc5c4oc4ccccc45)c3)c3ccccc23)c1. The first kappa shape index (κ1) is 30.9. The fraction of sp³-hybridized carbons (Fsp3) is 0.0196. The lowest BCUT2D eigenvalue weighted by molar-refractivity contribution is 0.670. The van der Waals surface area contributed by atoms with E-state index >= 15 is 0 Å². The molecular weight excluding hydrogens is 643 g/mol. The van der Waals surface area contributed by atoms with Gasteiger partial charge in [-0.2, -0.15) is 0 Å². The summed E-state index contributed by atoms with van der Waals surface area (Å²) < 4.78 is 8.85. The molecule has 0 fully saturated rings. The molecule has 2 heteroatoms. The first-order chi connectivity index (χ1) is 26.2. The molecule has 0 radical (unpaired) electrons. The molecule has 0 bridgehead atoms. The lowest BCUT2D eigenvalue weighted by Gasteiger charge is -2.19. The highest BCUT2D eigenvalue weighted by molar-refractivity contribution is 6.21. The van der Waals surface area contributed by atoms with Crippen LogP contribution in [0.3, 0.4) is 0 Å². The van der Waals surface area contributed by atoms with Gasteiger partial charge in [-0.15, -0.1) is 0 Å². The second kappa shape index (κ2) is 12.4. The monoisotopic (exact) mass is 677 g/mol. The highest BCUT2D eigenvalue weighted by atomic mass is 16.3. The van der Waals surface area contributed by atoms with E-state index in [0.29, 0.717) is 0 Å². The first-order valence-electron chi connectivity index (χ1n) is 18.1. The van der Waals surface area contributed by atoms with Crippen LogP contribution >= 0.6 is 0 Å². The summed E-state index contributed by atoms with van der Waals surface area (Å²) in [6.07, 6.45) is 6.03. The van der Waals surface area contributed by atoms with Crippen LogP contribution in [0.15, 0.2) is 187 Å². The molecule has 2 aromatic heterocycles. The zero-order chi connectivity index (χ0) is 35.5. The van der Waals surface area contributed by atoms with E-state index in [0.717, 1.165) is 44.4 Å². The maximum absolute atomic E-state index is 6.47. The molecule has 0 aliphatic carbocycles. The zero-order valence-electron chi connectivity index (χ0n) is 29.4. The average molecular weight is 678 g/mol. The van der Waals surface area contributed by atoms with Crippen LogP contribution in [0.2, 0.25) is 0 Å². The van der Waals surface area contributed by atoms with Gasteiger partial charge in [-0.25, -0.2) is 0 Å². The number of para-hydroxylation sites is 3. The summed E-state index contributed by atoms with van der Waals surface area (Å²) in [6.45, 7) is 6.15. The van der Waals surface area contributed by atoms with Gasteiger partial charge in [0.15, 0.2) is 0 Å². The van der Waals surface area contributed by atoms with Gasteiger partial charge in [-0.1, -0.05) is 152 Å². The molecule has 0 aliphatic heterocycles. The summed E-state index contributed by atoms with van der Waals surface area (Å²) in [5.41, 5.74) is 13.6. The Hall–Kier alpha value is -6.90. The number of benzene rings is 8. The minimum Gasteiger partial charge on any atom is -0.455 e. The van der Waals surface area contributed by atoms with E-state index in [-0.39, 0.29) is 0 Å². The average Bonchev–Trinajstić information content (AvgIpc) is 3.73. The Morgan fingerprint density at radius 2 is 1.06 bits per heavy atom. The molecule has 0 unspecified atom stereocenters. The summed E-state index contributed by atoms with van der Waals surface area (Å²) in [5.74, 6) is 0. The van der Waals surface area contributed by atoms with Crippen LogP contribution in [0, 0.1) is 6.92 Å². The quantitative estimate of drug-likeness (QED) is 0.127. The Morgan fingerprint density at radius 1 is 0.509 bits per heavy atom. The number of fused-ring (bicyclic) bond motifs is 6. The minimum atomic E-state index is 0.910. The van der Waals surface area contributed by atoms with Crippen molar-refractivity contribution in [2.45, 2.75) is 6.92 Å². The van der Waals surface area contributed by atoms with Crippen molar-refractivity contribution in [2.24, 2.45) is 0 Å². The van der Waals surface area contributed by atoms with E-state index < -0.39 is 0 Å². The molecule has 2 heterocycles. The van der Waals surface area contributed by atoms with Crippen molar-refractivity contribution in [1.82, 2.24) is 4.57 Å². The van der Waals surface area contributed by atoms with E-state index in [1.54, 1.807) is 0 Å². The van der Waals surface area contributed by atoms with Gasteiger partial charge < -0.3 is 8.98 Å². The third-order valence-electron chi connectivity index (χ3n) is 10.8. The Labute approximate surface area is 308 Å². The summed E-state index contributed by atoms with van der Waals surface area (Å²) in [7, 11) is 0. The standard InChI is InChI=1S/C51H35NO/c1-3-4-28-46-33(2)38-20-9-11-29-47(38)52(46)37-19-14-18-36(32-37)50-43-24-7-5-22-41(43)49(42-23-6-8-25-44(42)50)35-17-13-16-34(31-35)39-26-15-27-45-40-21-10-12-30-48(40)53-51(39)45/h3-32H,1H2,2H3/b28-4-. The predicted octanol–water partition coefficient (Wildman–Crippen LogP) is 14.3. The summed E-state index contributed by atoms with van der Waals surface area (Å²) in [4.78, 5) is 0. The summed E-state index contributed by atoms with van der Waals surface area (Å²) in [5, 5.41) is 8.43. The Bertz CT molecular complexity index is 3040. The largest absolute Gasteiger partial charge is 0.455 e. The molecule has 2 nitrogen and oxygen atoms in total. The van der Waals surface area contributed by atoms with E-state index in [1.807, 2.05) is 24.3 Å². The molecule has 0 atom stereocenters. The molecule has 10 aromatic rings. The number of hydrogen-bond acceptors (Lipinski definition) is 1. The van der Waals surface area contributed by atoms with Gasteiger partial charge in [0.25, 0.3) is 0 Å². The third kappa shape index (κ3) is 4.87. The summed E-state index contributed by atoms with van der Waals surface area (Å²) in [6, 6.07) is 59.1. The van der Waals surface area contributed by atoms with Crippen molar-refractivity contribution in [1.29, 1.82) is 0 Å². The first-order valence-corrected chi connectivity index (χ1v) is 18.1. The Kier molecular flexibility index (Phi) is 7.23. The second-order valence-corrected chi connectivity index (χ2v) is 13.7. The van der Waals surface area contributed by atoms with Crippen LogP contribution < -0.4 is 0 Å². The lowest BCUT2D eigenvalue weighted by atomic mass is 9.85. The van der Waals surface area contributed by atoms with E-state index in [9.17, 15) is 0 Å². The van der Waals surface area contributed by atoms with Gasteiger partial charge in [-0.3, -0.25) is 0 Å². The highest BCUT2D eigenvalue weighted by Gasteiger charge is 2.20. The third-order valence-corrected chi connectivity index (χ3v) is 10.8. The van der Waals surface area contributed by atoms with Crippen LogP contribution in [-0.2, 0) is 0 Å². The fourth-order valence-electron chi connectivity index (χ4n) is 8.43. The van der Waals surface area contributed by atoms with Crippen molar-refractivity contribution in [3.05, 3.63) is 194 Å². The smallest absolute Gasteiger partial charge is 0.143 e. The van der Waals surface area contributed by atoms with Crippen molar-refractivity contribution in [3.63, 3.8) is 0 Å². The summed E-state index contributed by atoms with van der Waals surface area (Å²) >= 11 is 0. The van der Waals surface area contributed by atoms with E-state index in [4.69, 9.17) is 4.42 Å². The van der Waals surface area contributed by atoms with Crippen LogP contribution in [0.5, 0.6) is 0 Å². The number of nitrogens with zero attached hydrogens (tertiary/aromatic N) is 1. The highest BCUT2D eigenvalue weighted by Crippen LogP contribution is 2.45. The lowest BCUT2D eigenvalue weighted by Crippen LogP contribution is -1.98. The fourth-order valence-corrected chi connectivity index (χ4v) is 8.43. The van der Waals surface area contributed by atoms with Gasteiger partial charge >= 0.3 is 0 Å². The maximum atomic E-state index is 6.47. The molecule has 250 valence electrons. The van der Waals surface area contributed by atoms with Crippen molar-refractivity contribution in [3.8, 4) is 39.1 Å². The number of furan rings is 1. The Balaban J connectivity index is 1.19. The van der Waals surface area contributed by atoms with Gasteiger partial charge in [0.1, 0.15) is 11.2 Å². The number of aryl methyl sites for hydroxylation is 1. The number of rotatable bonds is 6. The number of aromatic nitrogens is 1. The van der Waals surface area contributed by atoms with Crippen molar-refractivity contribution in [2.75, 3.05) is 0 Å². The molecule has 0 amide bonds. The number of hydrogen-bond donors (Lipinski definition) is 0. The predicted molar refractivity (Wildman–Crippen MR) is 226 cm³/mol.